The molecule has 0 fully saturated rings. The van der Waals surface area contributed by atoms with Crippen molar-refractivity contribution in [2.75, 3.05) is 0 Å². The molecule has 0 radical (unpaired) electrons. The third-order valence-corrected chi connectivity index (χ3v) is 5.36. The quantitative estimate of drug-likeness (QED) is 0.626. The molecule has 3 aromatic carbocycles. The van der Waals surface area contributed by atoms with E-state index in [-0.39, 0.29) is 17.5 Å². The molecule has 0 saturated carbocycles. The fourth-order valence-electron chi connectivity index (χ4n) is 4.06. The Morgan fingerprint density at radius 2 is 1.27 bits per heavy atom. The molecule has 0 N–H and O–H groups in total. The Kier molecular flexibility index (Phi) is 4.26. The van der Waals surface area contributed by atoms with E-state index in [4.69, 9.17) is 0 Å². The Hall–Kier alpha value is -3.00. The zero-order valence-corrected chi connectivity index (χ0v) is 14.6. The summed E-state index contributed by atoms with van der Waals surface area (Å²) >= 11 is 0. The number of rotatable bonds is 4. The van der Waals surface area contributed by atoms with Crippen LogP contribution in [0.15, 0.2) is 84.9 Å². The third kappa shape index (κ3) is 2.68. The lowest BCUT2D eigenvalue weighted by molar-refractivity contribution is -0.122. The van der Waals surface area contributed by atoms with Gasteiger partial charge in [-0.3, -0.25) is 9.59 Å². The SMILES string of the molecule is CC1c2ccccc2C(=O)C1C(=O)C(c1ccccc1)c1ccccc1. The first-order valence-corrected chi connectivity index (χ1v) is 8.95. The molecule has 1 aliphatic rings. The summed E-state index contributed by atoms with van der Waals surface area (Å²) in [5.41, 5.74) is 3.54. The van der Waals surface area contributed by atoms with Gasteiger partial charge in [-0.25, -0.2) is 0 Å². The van der Waals surface area contributed by atoms with Crippen molar-refractivity contribution >= 4 is 11.6 Å². The van der Waals surface area contributed by atoms with Gasteiger partial charge in [-0.1, -0.05) is 91.9 Å². The lowest BCUT2D eigenvalue weighted by Crippen LogP contribution is -2.29. The van der Waals surface area contributed by atoms with Crippen LogP contribution in [0.25, 0.3) is 0 Å². The van der Waals surface area contributed by atoms with E-state index in [0.717, 1.165) is 16.7 Å². The predicted octanol–water partition coefficient (Wildman–Crippen LogP) is 5.00. The van der Waals surface area contributed by atoms with Crippen molar-refractivity contribution in [1.82, 2.24) is 0 Å². The monoisotopic (exact) mass is 340 g/mol. The van der Waals surface area contributed by atoms with E-state index < -0.39 is 11.8 Å². The highest BCUT2D eigenvalue weighted by Gasteiger charge is 2.44. The van der Waals surface area contributed by atoms with Gasteiger partial charge in [-0.15, -0.1) is 0 Å². The molecule has 0 spiro atoms. The zero-order chi connectivity index (χ0) is 18.1. The van der Waals surface area contributed by atoms with Gasteiger partial charge in [-0.05, 0) is 22.6 Å². The van der Waals surface area contributed by atoms with Crippen molar-refractivity contribution in [1.29, 1.82) is 0 Å². The molecule has 128 valence electrons. The molecule has 1 aliphatic carbocycles. The number of ketones is 2. The van der Waals surface area contributed by atoms with E-state index >= 15 is 0 Å². The molecule has 0 saturated heterocycles. The molecule has 0 aromatic heterocycles. The van der Waals surface area contributed by atoms with E-state index in [9.17, 15) is 9.59 Å². The average molecular weight is 340 g/mol. The highest BCUT2D eigenvalue weighted by molar-refractivity contribution is 6.16. The predicted molar refractivity (Wildman–Crippen MR) is 102 cm³/mol. The van der Waals surface area contributed by atoms with Gasteiger partial charge in [0.1, 0.15) is 0 Å². The molecular weight excluding hydrogens is 320 g/mol. The van der Waals surface area contributed by atoms with Crippen LogP contribution in [-0.4, -0.2) is 11.6 Å². The van der Waals surface area contributed by atoms with Crippen molar-refractivity contribution in [3.8, 4) is 0 Å². The summed E-state index contributed by atoms with van der Waals surface area (Å²) in [6.07, 6.45) is 0. The number of hydrogen-bond donors (Lipinski definition) is 0. The molecule has 2 unspecified atom stereocenters. The molecule has 2 nitrogen and oxygen atoms in total. The maximum atomic E-state index is 13.6. The second-order valence-corrected chi connectivity index (χ2v) is 6.87. The van der Waals surface area contributed by atoms with Gasteiger partial charge in [0.2, 0.25) is 0 Å². The topological polar surface area (TPSA) is 34.1 Å². The van der Waals surface area contributed by atoms with Crippen LogP contribution in [0.2, 0.25) is 0 Å². The summed E-state index contributed by atoms with van der Waals surface area (Å²) in [7, 11) is 0. The molecule has 0 aliphatic heterocycles. The normalized spacial score (nSPS) is 18.8. The first kappa shape index (κ1) is 16.5. The van der Waals surface area contributed by atoms with Gasteiger partial charge < -0.3 is 0 Å². The summed E-state index contributed by atoms with van der Waals surface area (Å²) in [6, 6.07) is 27.1. The minimum atomic E-state index is -0.627. The van der Waals surface area contributed by atoms with E-state index in [1.165, 1.54) is 0 Å². The average Bonchev–Trinajstić information content (AvgIpc) is 2.95. The van der Waals surface area contributed by atoms with Crippen LogP contribution in [-0.2, 0) is 4.79 Å². The lowest BCUT2D eigenvalue weighted by Gasteiger charge is -2.22. The van der Waals surface area contributed by atoms with E-state index in [0.29, 0.717) is 5.56 Å². The van der Waals surface area contributed by atoms with Gasteiger partial charge in [0.15, 0.2) is 11.6 Å². The molecule has 2 heteroatoms. The van der Waals surface area contributed by atoms with Crippen LogP contribution in [0.1, 0.15) is 45.8 Å². The highest BCUT2D eigenvalue weighted by atomic mass is 16.2. The largest absolute Gasteiger partial charge is 0.298 e. The number of Topliss-reactive ketones (excluding diaryl/α,β-unsaturated/α-hetero) is 2. The minimum absolute atomic E-state index is 0.0175. The Bertz CT molecular complexity index is 905. The molecule has 3 aromatic rings. The first-order valence-electron chi connectivity index (χ1n) is 8.95. The number of fused-ring (bicyclic) bond motifs is 1. The van der Waals surface area contributed by atoms with Gasteiger partial charge in [0.05, 0.1) is 11.8 Å². The fraction of sp³-hybridized carbons (Fsp3) is 0.167. The summed E-state index contributed by atoms with van der Waals surface area (Å²) in [5.74, 6) is -1.21. The van der Waals surface area contributed by atoms with E-state index in [1.807, 2.05) is 91.9 Å². The van der Waals surface area contributed by atoms with Crippen molar-refractivity contribution < 1.29 is 9.59 Å². The smallest absolute Gasteiger partial charge is 0.174 e. The standard InChI is InChI=1S/C24H20O2/c1-16-19-14-8-9-15-20(19)23(25)21(16)24(26)22(17-10-4-2-5-11-17)18-12-6-3-7-13-18/h2-16,21-22H,1H3. The van der Waals surface area contributed by atoms with Gasteiger partial charge in [0.25, 0.3) is 0 Å². The fourth-order valence-corrected chi connectivity index (χ4v) is 4.06. The molecule has 2 atom stereocenters. The summed E-state index contributed by atoms with van der Waals surface area (Å²) in [5, 5.41) is 0. The van der Waals surface area contributed by atoms with Crippen LogP contribution >= 0.6 is 0 Å². The van der Waals surface area contributed by atoms with Crippen LogP contribution < -0.4 is 0 Å². The van der Waals surface area contributed by atoms with Crippen LogP contribution in [0, 0.1) is 5.92 Å². The lowest BCUT2D eigenvalue weighted by atomic mass is 9.78. The summed E-state index contributed by atoms with van der Waals surface area (Å²) < 4.78 is 0. The Balaban J connectivity index is 1.78. The van der Waals surface area contributed by atoms with Gasteiger partial charge >= 0.3 is 0 Å². The number of carbonyl (C=O) groups is 2. The van der Waals surface area contributed by atoms with Crippen LogP contribution in [0.3, 0.4) is 0 Å². The molecule has 4 rings (SSSR count). The van der Waals surface area contributed by atoms with Crippen molar-refractivity contribution in [2.24, 2.45) is 5.92 Å². The number of hydrogen-bond acceptors (Lipinski definition) is 2. The summed E-state index contributed by atoms with van der Waals surface area (Å²) in [4.78, 5) is 26.6. The maximum Gasteiger partial charge on any atom is 0.174 e. The second kappa shape index (κ2) is 6.72. The van der Waals surface area contributed by atoms with Crippen LogP contribution in [0.4, 0.5) is 0 Å². The molecule has 0 amide bonds. The van der Waals surface area contributed by atoms with Gasteiger partial charge in [0, 0.05) is 5.56 Å². The molecule has 26 heavy (non-hydrogen) atoms. The van der Waals surface area contributed by atoms with E-state index in [1.54, 1.807) is 0 Å². The minimum Gasteiger partial charge on any atom is -0.298 e. The third-order valence-electron chi connectivity index (χ3n) is 5.36. The molecule has 0 heterocycles. The number of benzene rings is 3. The molecule has 0 bridgehead atoms. The van der Waals surface area contributed by atoms with Crippen LogP contribution in [0.5, 0.6) is 0 Å². The Morgan fingerprint density at radius 1 is 0.769 bits per heavy atom. The maximum absolute atomic E-state index is 13.6. The Labute approximate surface area is 153 Å². The van der Waals surface area contributed by atoms with Gasteiger partial charge in [-0.2, -0.15) is 0 Å². The zero-order valence-electron chi connectivity index (χ0n) is 14.6. The number of carbonyl (C=O) groups excluding carboxylic acids is 2. The molecular formula is C24H20O2. The van der Waals surface area contributed by atoms with Crippen molar-refractivity contribution in [3.05, 3.63) is 107 Å². The van der Waals surface area contributed by atoms with E-state index in [2.05, 4.69) is 0 Å². The highest BCUT2D eigenvalue weighted by Crippen LogP contribution is 2.41. The first-order chi connectivity index (χ1) is 12.7. The van der Waals surface area contributed by atoms with Crippen molar-refractivity contribution in [2.45, 2.75) is 18.8 Å². The van der Waals surface area contributed by atoms with Crippen molar-refractivity contribution in [3.63, 3.8) is 0 Å². The summed E-state index contributed by atoms with van der Waals surface area (Å²) in [6.45, 7) is 1.99. The second-order valence-electron chi connectivity index (χ2n) is 6.87. The Morgan fingerprint density at radius 3 is 1.81 bits per heavy atom.